The van der Waals surface area contributed by atoms with Crippen LogP contribution in [0.2, 0.25) is 0 Å². The van der Waals surface area contributed by atoms with Crippen LogP contribution in [-0.2, 0) is 16.9 Å². The zero-order valence-electron chi connectivity index (χ0n) is 16.6. The summed E-state index contributed by atoms with van der Waals surface area (Å²) in [5.74, 6) is -0.278. The first-order valence-corrected chi connectivity index (χ1v) is 10.1. The standard InChI is InChI=1S/C23H25N3O3/c1-23(19-11-4-2-5-12-19)21(28)26(22(29)24-23)16-17-9-8-10-18(15-17)20(27)25-13-6-3-7-14-25/h2,4-5,8-12,15H,3,6-7,13-14,16H2,1H3,(H,24,29). The van der Waals surface area contributed by atoms with Crippen molar-refractivity contribution in [2.75, 3.05) is 13.1 Å². The van der Waals surface area contributed by atoms with Gasteiger partial charge in [0.05, 0.1) is 6.54 Å². The maximum atomic E-state index is 13.1. The molecule has 2 fully saturated rings. The minimum Gasteiger partial charge on any atom is -0.339 e. The number of carbonyl (C=O) groups is 3. The molecule has 150 valence electrons. The summed E-state index contributed by atoms with van der Waals surface area (Å²) < 4.78 is 0. The minimum absolute atomic E-state index is 0.0119. The molecule has 2 aliphatic heterocycles. The lowest BCUT2D eigenvalue weighted by molar-refractivity contribution is -0.131. The fraction of sp³-hybridized carbons (Fsp3) is 0.348. The van der Waals surface area contributed by atoms with Gasteiger partial charge in [0.25, 0.3) is 11.8 Å². The van der Waals surface area contributed by atoms with Crippen LogP contribution in [-0.4, -0.2) is 40.7 Å². The lowest BCUT2D eigenvalue weighted by Crippen LogP contribution is -2.40. The van der Waals surface area contributed by atoms with E-state index in [1.807, 2.05) is 41.3 Å². The molecule has 1 atom stereocenters. The number of rotatable bonds is 4. The number of piperidine rings is 1. The molecule has 1 N–H and O–H groups in total. The third kappa shape index (κ3) is 3.62. The Morgan fingerprint density at radius 2 is 1.72 bits per heavy atom. The number of amides is 4. The molecule has 6 nitrogen and oxygen atoms in total. The van der Waals surface area contributed by atoms with E-state index in [-0.39, 0.29) is 18.4 Å². The Kier molecular flexibility index (Phi) is 5.09. The van der Waals surface area contributed by atoms with Gasteiger partial charge in [-0.15, -0.1) is 0 Å². The monoisotopic (exact) mass is 391 g/mol. The lowest BCUT2D eigenvalue weighted by Gasteiger charge is -2.27. The molecule has 29 heavy (non-hydrogen) atoms. The highest BCUT2D eigenvalue weighted by atomic mass is 16.2. The van der Waals surface area contributed by atoms with Crippen LogP contribution in [0.4, 0.5) is 4.79 Å². The number of nitrogens with one attached hydrogen (secondary N) is 1. The summed E-state index contributed by atoms with van der Waals surface area (Å²) in [4.78, 5) is 41.5. The number of likely N-dealkylation sites (tertiary alicyclic amines) is 1. The molecule has 2 saturated heterocycles. The maximum absolute atomic E-state index is 13.1. The fourth-order valence-corrected chi connectivity index (χ4v) is 4.07. The second-order valence-electron chi connectivity index (χ2n) is 7.87. The molecule has 0 spiro atoms. The van der Waals surface area contributed by atoms with E-state index in [1.54, 1.807) is 25.1 Å². The van der Waals surface area contributed by atoms with Crippen LogP contribution in [0.5, 0.6) is 0 Å². The van der Waals surface area contributed by atoms with Gasteiger partial charge in [-0.05, 0) is 49.4 Å². The number of imide groups is 1. The average Bonchev–Trinajstić information content (AvgIpc) is 2.98. The van der Waals surface area contributed by atoms with E-state index >= 15 is 0 Å². The lowest BCUT2D eigenvalue weighted by atomic mass is 9.92. The van der Waals surface area contributed by atoms with E-state index in [2.05, 4.69) is 5.32 Å². The molecule has 1 unspecified atom stereocenters. The maximum Gasteiger partial charge on any atom is 0.325 e. The van der Waals surface area contributed by atoms with Gasteiger partial charge in [-0.2, -0.15) is 0 Å². The van der Waals surface area contributed by atoms with Crippen molar-refractivity contribution in [2.45, 2.75) is 38.3 Å². The van der Waals surface area contributed by atoms with Gasteiger partial charge in [-0.3, -0.25) is 14.5 Å². The van der Waals surface area contributed by atoms with E-state index in [1.165, 1.54) is 4.90 Å². The second kappa shape index (κ2) is 7.70. The van der Waals surface area contributed by atoms with Gasteiger partial charge in [0.1, 0.15) is 5.54 Å². The Hall–Kier alpha value is -3.15. The van der Waals surface area contributed by atoms with Gasteiger partial charge < -0.3 is 10.2 Å². The van der Waals surface area contributed by atoms with Crippen LogP contribution in [0.3, 0.4) is 0 Å². The van der Waals surface area contributed by atoms with Gasteiger partial charge in [0.15, 0.2) is 0 Å². The molecule has 0 saturated carbocycles. The van der Waals surface area contributed by atoms with Crippen molar-refractivity contribution in [2.24, 2.45) is 0 Å². The van der Waals surface area contributed by atoms with Gasteiger partial charge in [-0.25, -0.2) is 4.79 Å². The molecule has 4 rings (SSSR count). The highest BCUT2D eigenvalue weighted by Gasteiger charge is 2.48. The molecule has 0 aliphatic carbocycles. The third-order valence-corrected chi connectivity index (χ3v) is 5.78. The van der Waals surface area contributed by atoms with Crippen molar-refractivity contribution < 1.29 is 14.4 Å². The minimum atomic E-state index is -1.08. The topological polar surface area (TPSA) is 69.7 Å². The Balaban J connectivity index is 1.53. The van der Waals surface area contributed by atoms with Gasteiger partial charge in [-0.1, -0.05) is 42.5 Å². The first-order chi connectivity index (χ1) is 14.0. The van der Waals surface area contributed by atoms with Crippen molar-refractivity contribution in [3.8, 4) is 0 Å². The van der Waals surface area contributed by atoms with E-state index in [4.69, 9.17) is 0 Å². The first kappa shape index (κ1) is 19.2. The molecule has 0 aromatic heterocycles. The fourth-order valence-electron chi connectivity index (χ4n) is 4.07. The largest absolute Gasteiger partial charge is 0.339 e. The van der Waals surface area contributed by atoms with E-state index in [0.717, 1.165) is 43.5 Å². The van der Waals surface area contributed by atoms with E-state index < -0.39 is 11.6 Å². The summed E-state index contributed by atoms with van der Waals surface area (Å²) >= 11 is 0. The molecule has 2 heterocycles. The second-order valence-corrected chi connectivity index (χ2v) is 7.87. The van der Waals surface area contributed by atoms with Crippen LogP contribution in [0.25, 0.3) is 0 Å². The molecule has 2 aliphatic rings. The predicted octanol–water partition coefficient (Wildman–Crippen LogP) is 3.28. The first-order valence-electron chi connectivity index (χ1n) is 10.1. The van der Waals surface area contributed by atoms with Crippen LogP contribution in [0, 0.1) is 0 Å². The summed E-state index contributed by atoms with van der Waals surface area (Å²) in [6.07, 6.45) is 3.23. The zero-order chi connectivity index (χ0) is 20.4. The Bertz CT molecular complexity index is 937. The zero-order valence-corrected chi connectivity index (χ0v) is 16.6. The molecular formula is C23H25N3O3. The number of urea groups is 1. The Morgan fingerprint density at radius 1 is 1.00 bits per heavy atom. The van der Waals surface area contributed by atoms with Gasteiger partial charge in [0, 0.05) is 18.7 Å². The normalized spacial score (nSPS) is 22.0. The summed E-state index contributed by atoms with van der Waals surface area (Å²) in [6.45, 7) is 3.42. The summed E-state index contributed by atoms with van der Waals surface area (Å²) in [7, 11) is 0. The van der Waals surface area contributed by atoms with Crippen molar-refractivity contribution in [3.63, 3.8) is 0 Å². The SMILES string of the molecule is CC1(c2ccccc2)NC(=O)N(Cc2cccc(C(=O)N3CCCCC3)c2)C1=O. The molecule has 2 aromatic rings. The van der Waals surface area contributed by atoms with Crippen molar-refractivity contribution in [1.29, 1.82) is 0 Å². The quantitative estimate of drug-likeness (QED) is 0.813. The number of hydrogen-bond acceptors (Lipinski definition) is 3. The molecular weight excluding hydrogens is 366 g/mol. The van der Waals surface area contributed by atoms with E-state index in [0.29, 0.717) is 5.56 Å². The molecule has 0 radical (unpaired) electrons. The smallest absolute Gasteiger partial charge is 0.325 e. The van der Waals surface area contributed by atoms with Crippen LogP contribution >= 0.6 is 0 Å². The molecule has 4 amide bonds. The van der Waals surface area contributed by atoms with Crippen LogP contribution in [0.1, 0.15) is 47.7 Å². The van der Waals surface area contributed by atoms with Crippen LogP contribution in [0.15, 0.2) is 54.6 Å². The van der Waals surface area contributed by atoms with Gasteiger partial charge >= 0.3 is 6.03 Å². The third-order valence-electron chi connectivity index (χ3n) is 5.78. The molecule has 2 aromatic carbocycles. The molecule has 6 heteroatoms. The van der Waals surface area contributed by atoms with Crippen molar-refractivity contribution >= 4 is 17.8 Å². The number of nitrogens with zero attached hydrogens (tertiary/aromatic N) is 2. The highest BCUT2D eigenvalue weighted by Crippen LogP contribution is 2.29. The average molecular weight is 391 g/mol. The number of hydrogen-bond donors (Lipinski definition) is 1. The Labute approximate surface area is 170 Å². The van der Waals surface area contributed by atoms with E-state index in [9.17, 15) is 14.4 Å². The Morgan fingerprint density at radius 3 is 2.45 bits per heavy atom. The number of carbonyl (C=O) groups excluding carboxylic acids is 3. The van der Waals surface area contributed by atoms with Crippen molar-refractivity contribution in [1.82, 2.24) is 15.1 Å². The highest BCUT2D eigenvalue weighted by molar-refractivity contribution is 6.07. The van der Waals surface area contributed by atoms with Crippen LogP contribution < -0.4 is 5.32 Å². The van der Waals surface area contributed by atoms with Gasteiger partial charge in [0.2, 0.25) is 0 Å². The summed E-state index contributed by atoms with van der Waals surface area (Å²) in [5.41, 5.74) is 1.02. The number of benzene rings is 2. The molecule has 0 bridgehead atoms. The predicted molar refractivity (Wildman–Crippen MR) is 109 cm³/mol. The summed E-state index contributed by atoms with van der Waals surface area (Å²) in [6, 6.07) is 16.0. The summed E-state index contributed by atoms with van der Waals surface area (Å²) in [5, 5.41) is 2.82. The van der Waals surface area contributed by atoms with Crippen molar-refractivity contribution in [3.05, 3.63) is 71.3 Å².